The second-order valence-electron chi connectivity index (χ2n) is 49.8. The minimum Gasteiger partial charge on any atom is -0.0651 e. The zero-order chi connectivity index (χ0) is 77.1. The Labute approximate surface area is 641 Å². The standard InChI is InChI=1S/2C12H24.2C11H22.C10H18.2C9H16.3C9H18/c1-10(2)7-11(3,4)9-12(5,6)8-10;1-6-10-7-11(2,3)9-12(4,5)8-10;1-9-6-10(2,3)8-11(4,5)7-9;1-9-10(2,3)7-6-8-11(9,4)5;1-7-8-4-5-9(6-8)10(7,2)3;1-6-7(2)9-4-3-8(6)5-9;1-2-8-5-7-3-4-9(8)6-7;1-8-4-6-9(2,3)7-5-8;1-8-6-4-5-7-9(8,2)3;1-7-5-4-6-8(2)9(7)3/h7-9H2,1-6H3;10H,6-9H2,1-5H3;2*9H,6-8H2,1-5H3;7-9H,4-6H2,1-3H3;6-9H,3-5H2,1-2H3;7-9H,2-6H2,1H3;2*8H,4-7H2,1-3H3;7-9H,4-6H2,1-3H3/t;;;;7-,8?,9?;6-,7?,8?,9?;;;8-;/m....10..1./s1. The molecule has 13 fully saturated rings. The molecule has 0 amide bonds. The van der Waals surface area contributed by atoms with E-state index in [1.807, 2.05) is 0 Å². The van der Waals surface area contributed by atoms with E-state index in [2.05, 4.69) is 249 Å². The Bertz CT molecular complexity index is 2170. The summed E-state index contributed by atoms with van der Waals surface area (Å²) < 4.78 is 0. The van der Waals surface area contributed by atoms with Crippen molar-refractivity contribution in [3.05, 3.63) is 0 Å². The second kappa shape index (κ2) is 37.8. The van der Waals surface area contributed by atoms with Gasteiger partial charge in [-0.05, 0) is 319 Å². The van der Waals surface area contributed by atoms with E-state index in [-0.39, 0.29) is 0 Å². The second-order valence-corrected chi connectivity index (χ2v) is 49.8. The minimum atomic E-state index is 0.547. The van der Waals surface area contributed by atoms with Crippen molar-refractivity contribution >= 4 is 0 Å². The predicted molar refractivity (Wildman–Crippen MR) is 458 cm³/mol. The molecule has 13 aliphatic rings. The van der Waals surface area contributed by atoms with Crippen LogP contribution in [0.4, 0.5) is 0 Å². The molecule has 0 radical (unpaired) electrons. The summed E-state index contributed by atoms with van der Waals surface area (Å²) in [5.74, 6) is 18.5. The van der Waals surface area contributed by atoms with Crippen LogP contribution in [0, 0.1) is 172 Å². The molecule has 13 atom stereocenters. The van der Waals surface area contributed by atoms with E-state index in [9.17, 15) is 0 Å². The highest BCUT2D eigenvalue weighted by molar-refractivity contribution is 5.00. The van der Waals surface area contributed by atoms with Crippen molar-refractivity contribution in [1.29, 1.82) is 0 Å². The van der Waals surface area contributed by atoms with Gasteiger partial charge in [0.1, 0.15) is 0 Å². The molecule has 0 aromatic carbocycles. The van der Waals surface area contributed by atoms with Crippen LogP contribution in [0.15, 0.2) is 0 Å². The van der Waals surface area contributed by atoms with E-state index in [4.69, 9.17) is 0 Å². The van der Waals surface area contributed by atoms with E-state index in [1.165, 1.54) is 193 Å². The molecule has 0 aromatic heterocycles. The molecule has 0 heteroatoms. The number of hydrogen-bond donors (Lipinski definition) is 0. The molecule has 0 aromatic rings. The Morgan fingerprint density at radius 1 is 0.287 bits per heavy atom. The molecule has 13 saturated carbocycles. The summed E-state index contributed by atoms with van der Waals surface area (Å²) in [6.45, 7) is 86.7. The van der Waals surface area contributed by atoms with Gasteiger partial charge in [-0.15, -0.1) is 0 Å². The fourth-order valence-corrected chi connectivity index (χ4v) is 27.3. The largest absolute Gasteiger partial charge is 0.0651 e. The third-order valence-corrected chi connectivity index (χ3v) is 33.3. The van der Waals surface area contributed by atoms with E-state index in [0.29, 0.717) is 65.0 Å². The highest BCUT2D eigenvalue weighted by Crippen LogP contribution is 2.60. The topological polar surface area (TPSA) is 0 Å². The van der Waals surface area contributed by atoms with Gasteiger partial charge in [0.15, 0.2) is 0 Å². The van der Waals surface area contributed by atoms with Gasteiger partial charge in [0.25, 0.3) is 0 Å². The number of hydrogen-bond acceptors (Lipinski definition) is 0. The van der Waals surface area contributed by atoms with Gasteiger partial charge >= 0.3 is 0 Å². The van der Waals surface area contributed by atoms with Crippen LogP contribution in [-0.4, -0.2) is 0 Å². The monoisotopic (exact) mass is 1410 g/mol. The molecule has 0 saturated heterocycles. The molecule has 0 aliphatic heterocycles. The van der Waals surface area contributed by atoms with Crippen molar-refractivity contribution in [2.45, 2.75) is 474 Å². The fraction of sp³-hybridized carbons (Fsp3) is 1.00. The predicted octanol–water partition coefficient (Wildman–Crippen LogP) is 34.3. The highest BCUT2D eigenvalue weighted by Gasteiger charge is 2.51. The third kappa shape index (κ3) is 30.7. The van der Waals surface area contributed by atoms with E-state index >= 15 is 0 Å². The van der Waals surface area contributed by atoms with Gasteiger partial charge in [-0.1, -0.05) is 326 Å². The summed E-state index contributed by atoms with van der Waals surface area (Å²) in [5, 5.41) is 0. The highest BCUT2D eigenvalue weighted by atomic mass is 14.6. The summed E-state index contributed by atoms with van der Waals surface area (Å²) in [7, 11) is 0. The van der Waals surface area contributed by atoms with Crippen LogP contribution >= 0.6 is 0 Å². The molecule has 0 N–H and O–H groups in total. The lowest BCUT2D eigenvalue weighted by Gasteiger charge is -2.49. The van der Waals surface area contributed by atoms with E-state index in [1.54, 1.807) is 32.1 Å². The number of rotatable bonds is 2. The van der Waals surface area contributed by atoms with Crippen molar-refractivity contribution in [1.82, 2.24) is 0 Å². The minimum absolute atomic E-state index is 0.547. The summed E-state index contributed by atoms with van der Waals surface area (Å²) >= 11 is 0. The average molecular weight is 1410 g/mol. The van der Waals surface area contributed by atoms with Gasteiger partial charge in [-0.3, -0.25) is 0 Å². The van der Waals surface area contributed by atoms with E-state index in [0.717, 1.165) is 107 Å². The normalized spacial score (nSPS) is 37.7. The first-order valence-electron chi connectivity index (χ1n) is 45.9. The molecule has 10 unspecified atom stereocenters. The maximum Gasteiger partial charge on any atom is -0.0297 e. The molecule has 6 bridgehead atoms. The van der Waals surface area contributed by atoms with Crippen molar-refractivity contribution in [3.63, 3.8) is 0 Å². The molecule has 0 nitrogen and oxygen atoms in total. The average Bonchev–Trinajstić information content (AvgIpc) is 1.64. The lowest BCUT2D eigenvalue weighted by atomic mass is 9.56. The van der Waals surface area contributed by atoms with Gasteiger partial charge in [0.2, 0.25) is 0 Å². The van der Waals surface area contributed by atoms with Crippen LogP contribution in [0.2, 0.25) is 0 Å². The van der Waals surface area contributed by atoms with Crippen LogP contribution in [-0.2, 0) is 0 Å². The van der Waals surface area contributed by atoms with Crippen LogP contribution in [0.1, 0.15) is 474 Å². The zero-order valence-corrected chi connectivity index (χ0v) is 77.1. The fourth-order valence-electron chi connectivity index (χ4n) is 27.3. The summed E-state index contributed by atoms with van der Waals surface area (Å²) in [5.41, 5.74) is 7.09. The van der Waals surface area contributed by atoms with Gasteiger partial charge in [0.05, 0.1) is 0 Å². The SMILES string of the molecule is CC1(C)CC(C)(C)CC(C)(C)C1.CC1C(C)(C)CCCC1(C)C.CC1C2CCC(C2)[C@H]1C.CC1CC(C)(C)CC(C)(C)C1.CC1CCC(C)(C)CC1.CC1CCCC(C)C1C.CCC1CC(C)(C)CC(C)(C)C1.CCC1CC2CCC1C2.C[C@@H]1C2CCC(C2)C1(C)C.C[C@@H]1CCCCC1(C)C. The first kappa shape index (κ1) is 93.4. The molecule has 101 heavy (non-hydrogen) atoms. The molecule has 0 spiro atoms. The quantitative estimate of drug-likeness (QED) is 0.259. The summed E-state index contributed by atoms with van der Waals surface area (Å²) in [6, 6.07) is 0. The number of fused-ring (bicyclic) bond motifs is 6. The van der Waals surface area contributed by atoms with Gasteiger partial charge in [-0.25, -0.2) is 0 Å². The van der Waals surface area contributed by atoms with Crippen molar-refractivity contribution in [2.75, 3.05) is 0 Å². The first-order chi connectivity index (χ1) is 45.9. The Hall–Kier alpha value is 0. The first-order valence-corrected chi connectivity index (χ1v) is 45.9. The Balaban J connectivity index is 0.000000238. The van der Waals surface area contributed by atoms with Crippen molar-refractivity contribution < 1.29 is 0 Å². The van der Waals surface area contributed by atoms with Crippen molar-refractivity contribution in [3.8, 4) is 0 Å². The maximum atomic E-state index is 2.46. The summed E-state index contributed by atoms with van der Waals surface area (Å²) in [4.78, 5) is 0. The smallest absolute Gasteiger partial charge is 0.0297 e. The lowest BCUT2D eigenvalue weighted by Crippen LogP contribution is -2.38. The van der Waals surface area contributed by atoms with Crippen molar-refractivity contribution in [2.24, 2.45) is 172 Å². The van der Waals surface area contributed by atoms with Crippen LogP contribution in [0.3, 0.4) is 0 Å². The van der Waals surface area contributed by atoms with Gasteiger partial charge in [-0.2, -0.15) is 0 Å². The Morgan fingerprint density at radius 3 is 0.980 bits per heavy atom. The van der Waals surface area contributed by atoms with Crippen LogP contribution in [0.5, 0.6) is 0 Å². The molecular weight excluding hydrogens is 1210 g/mol. The lowest BCUT2D eigenvalue weighted by molar-refractivity contribution is 0.0202. The summed E-state index contributed by atoms with van der Waals surface area (Å²) in [6.07, 6.45) is 51.1. The van der Waals surface area contributed by atoms with Crippen LogP contribution < -0.4 is 0 Å². The Kier molecular flexibility index (Phi) is 35.0. The molecule has 13 aliphatic carbocycles. The van der Waals surface area contributed by atoms with E-state index < -0.39 is 0 Å². The van der Waals surface area contributed by atoms with Gasteiger partial charge in [0, 0.05) is 0 Å². The van der Waals surface area contributed by atoms with Crippen LogP contribution in [0.25, 0.3) is 0 Å². The van der Waals surface area contributed by atoms with Gasteiger partial charge < -0.3 is 0 Å². The Morgan fingerprint density at radius 2 is 0.703 bits per heavy atom. The molecule has 0 heterocycles. The molecule has 13 rings (SSSR count). The molecule has 600 valence electrons. The maximum absolute atomic E-state index is 2.46. The zero-order valence-electron chi connectivity index (χ0n) is 77.1. The third-order valence-electron chi connectivity index (χ3n) is 33.3. The molecular formula is C101H196.